The second-order valence-electron chi connectivity index (χ2n) is 5.19. The van der Waals surface area contributed by atoms with E-state index in [1.807, 2.05) is 0 Å². The number of nitrogens with zero attached hydrogens (tertiary/aromatic N) is 1. The van der Waals surface area contributed by atoms with Crippen molar-refractivity contribution in [2.45, 2.75) is 26.3 Å². The molecular weight excluding hydrogens is 256 g/mol. The summed E-state index contributed by atoms with van der Waals surface area (Å²) < 4.78 is 0. The van der Waals surface area contributed by atoms with E-state index >= 15 is 0 Å². The minimum absolute atomic E-state index is 0.0946. The monoisotopic (exact) mass is 282 g/mol. The molecule has 0 bridgehead atoms. The fourth-order valence-corrected chi connectivity index (χ4v) is 2.64. The van der Waals surface area contributed by atoms with Crippen molar-refractivity contribution in [1.82, 2.24) is 5.32 Å². The van der Waals surface area contributed by atoms with Crippen LogP contribution in [0, 0.1) is 5.41 Å². The summed E-state index contributed by atoms with van der Waals surface area (Å²) in [6.45, 7) is 6.37. The topological polar surface area (TPSA) is 44.6 Å². The van der Waals surface area contributed by atoms with Gasteiger partial charge in [-0.15, -0.1) is 0 Å². The first kappa shape index (κ1) is 16.5. The van der Waals surface area contributed by atoms with Gasteiger partial charge in [-0.2, -0.15) is 11.8 Å². The van der Waals surface area contributed by atoms with E-state index in [1.165, 1.54) is 0 Å². The van der Waals surface area contributed by atoms with E-state index in [4.69, 9.17) is 5.11 Å². The number of aliphatic hydroxyl groups excluding tert-OH is 1. The van der Waals surface area contributed by atoms with Crippen molar-refractivity contribution in [3.8, 4) is 0 Å². The first-order valence-electron chi connectivity index (χ1n) is 6.93. The molecule has 0 heterocycles. The Labute approximate surface area is 121 Å². The van der Waals surface area contributed by atoms with Crippen LogP contribution in [0.3, 0.4) is 0 Å². The maximum Gasteiger partial charge on any atom is 0.0521 e. The van der Waals surface area contributed by atoms with Gasteiger partial charge in [-0.3, -0.25) is 4.99 Å². The smallest absolute Gasteiger partial charge is 0.0521 e. The number of allylic oxidation sites excluding steroid dienone is 4. The molecule has 0 aromatic rings. The molecule has 0 saturated heterocycles. The quantitative estimate of drug-likeness (QED) is 0.504. The van der Waals surface area contributed by atoms with Crippen LogP contribution in [0.25, 0.3) is 0 Å². The van der Waals surface area contributed by atoms with E-state index in [9.17, 15) is 0 Å². The Morgan fingerprint density at radius 3 is 3.05 bits per heavy atom. The van der Waals surface area contributed by atoms with Crippen molar-refractivity contribution in [2.24, 2.45) is 10.4 Å². The molecule has 0 amide bonds. The molecule has 0 aromatic carbocycles. The van der Waals surface area contributed by atoms with Gasteiger partial charge in [-0.25, -0.2) is 0 Å². The van der Waals surface area contributed by atoms with E-state index in [1.54, 1.807) is 11.8 Å². The molecular formula is C15H26N2OS. The van der Waals surface area contributed by atoms with E-state index in [0.717, 1.165) is 31.0 Å². The first-order valence-corrected chi connectivity index (χ1v) is 8.09. The fourth-order valence-electron chi connectivity index (χ4n) is 1.87. The van der Waals surface area contributed by atoms with Crippen molar-refractivity contribution in [1.29, 1.82) is 0 Å². The average molecular weight is 282 g/mol. The van der Waals surface area contributed by atoms with Crippen LogP contribution in [0.4, 0.5) is 0 Å². The summed E-state index contributed by atoms with van der Waals surface area (Å²) in [5.74, 6) is 1.86. The Morgan fingerprint density at radius 2 is 2.37 bits per heavy atom. The third-order valence-corrected chi connectivity index (χ3v) is 4.21. The minimum atomic E-state index is 0.0946. The molecule has 19 heavy (non-hydrogen) atoms. The van der Waals surface area contributed by atoms with Crippen LogP contribution in [-0.2, 0) is 0 Å². The van der Waals surface area contributed by atoms with Gasteiger partial charge in [0.05, 0.1) is 13.2 Å². The lowest BCUT2D eigenvalue weighted by Crippen LogP contribution is -2.30. The molecule has 0 aromatic heterocycles. The highest BCUT2D eigenvalue weighted by Gasteiger charge is 2.17. The molecule has 3 nitrogen and oxygen atoms in total. The summed E-state index contributed by atoms with van der Waals surface area (Å²) in [4.78, 5) is 4.52. The van der Waals surface area contributed by atoms with Crippen molar-refractivity contribution in [3.05, 3.63) is 24.3 Å². The zero-order chi connectivity index (χ0) is 14.0. The summed E-state index contributed by atoms with van der Waals surface area (Å²) in [5, 5.41) is 12.1. The van der Waals surface area contributed by atoms with Gasteiger partial charge in [0.2, 0.25) is 0 Å². The van der Waals surface area contributed by atoms with E-state index < -0.39 is 0 Å². The van der Waals surface area contributed by atoms with Crippen molar-refractivity contribution >= 4 is 18.0 Å². The van der Waals surface area contributed by atoms with Crippen molar-refractivity contribution in [3.63, 3.8) is 0 Å². The first-order chi connectivity index (χ1) is 9.16. The van der Waals surface area contributed by atoms with Gasteiger partial charge in [0.1, 0.15) is 0 Å². The van der Waals surface area contributed by atoms with Gasteiger partial charge in [-0.05, 0) is 13.3 Å². The molecule has 0 radical (unpaired) electrons. The summed E-state index contributed by atoms with van der Waals surface area (Å²) >= 11 is 1.78. The summed E-state index contributed by atoms with van der Waals surface area (Å²) in [6, 6.07) is 0.472. The fraction of sp³-hybridized carbons (Fsp3) is 0.667. The third kappa shape index (κ3) is 7.55. The van der Waals surface area contributed by atoms with E-state index in [2.05, 4.69) is 54.7 Å². The largest absolute Gasteiger partial charge is 0.396 e. The summed E-state index contributed by atoms with van der Waals surface area (Å²) in [6.07, 6.45) is 11.7. The normalized spacial score (nSPS) is 24.2. The molecule has 2 N–H and O–H groups in total. The van der Waals surface area contributed by atoms with Crippen LogP contribution in [0.2, 0.25) is 0 Å². The average Bonchev–Trinajstić information content (AvgIpc) is 2.39. The number of aliphatic hydroxyl groups is 1. The molecule has 2 unspecified atom stereocenters. The molecule has 1 aliphatic rings. The number of hydrogen-bond donors (Lipinski definition) is 2. The van der Waals surface area contributed by atoms with Gasteiger partial charge >= 0.3 is 0 Å². The highest BCUT2D eigenvalue weighted by Crippen LogP contribution is 2.24. The van der Waals surface area contributed by atoms with Gasteiger partial charge in [0.25, 0.3) is 0 Å². The number of rotatable bonds is 9. The lowest BCUT2D eigenvalue weighted by Gasteiger charge is -2.21. The standard InChI is InChI=1S/C15H26N2OS/c1-14(12-19-11-10-18)17-9-8-16-13-15(2)6-4-3-5-7-15/h3-6,13-14,17-18H,7-12H2,1-2H3. The van der Waals surface area contributed by atoms with E-state index in [-0.39, 0.29) is 12.0 Å². The lowest BCUT2D eigenvalue weighted by atomic mass is 9.85. The highest BCUT2D eigenvalue weighted by molar-refractivity contribution is 7.99. The van der Waals surface area contributed by atoms with Crippen LogP contribution in [0.15, 0.2) is 29.3 Å². The molecule has 0 spiro atoms. The Bertz CT molecular complexity index is 328. The molecule has 0 saturated carbocycles. The number of hydrogen-bond acceptors (Lipinski definition) is 4. The van der Waals surface area contributed by atoms with Crippen LogP contribution in [-0.4, -0.2) is 48.6 Å². The molecule has 0 aliphatic heterocycles. The number of aliphatic imine (C=N–C) groups is 1. The van der Waals surface area contributed by atoms with Gasteiger partial charge in [0.15, 0.2) is 0 Å². The second kappa shape index (κ2) is 9.34. The maximum atomic E-state index is 8.70. The predicted molar refractivity (Wildman–Crippen MR) is 86.2 cm³/mol. The summed E-state index contributed by atoms with van der Waals surface area (Å²) in [7, 11) is 0. The number of thioether (sulfide) groups is 1. The number of nitrogens with one attached hydrogen (secondary N) is 1. The molecule has 1 aliphatic carbocycles. The van der Waals surface area contributed by atoms with Crippen LogP contribution >= 0.6 is 11.8 Å². The molecule has 2 atom stereocenters. The maximum absolute atomic E-state index is 8.70. The Balaban J connectivity index is 2.10. The third-order valence-electron chi connectivity index (χ3n) is 3.01. The SMILES string of the molecule is CC(CSCCO)NCCN=CC1(C)C=CC=CC1. The van der Waals surface area contributed by atoms with Crippen molar-refractivity contribution in [2.75, 3.05) is 31.2 Å². The lowest BCUT2D eigenvalue weighted by molar-refractivity contribution is 0.322. The Hall–Kier alpha value is -0.580. The highest BCUT2D eigenvalue weighted by atomic mass is 32.2. The van der Waals surface area contributed by atoms with Crippen molar-refractivity contribution < 1.29 is 5.11 Å². The molecule has 108 valence electrons. The minimum Gasteiger partial charge on any atom is -0.396 e. The van der Waals surface area contributed by atoms with Gasteiger partial charge in [0, 0.05) is 35.7 Å². The molecule has 1 rings (SSSR count). The van der Waals surface area contributed by atoms with Crippen LogP contribution in [0.5, 0.6) is 0 Å². The zero-order valence-electron chi connectivity index (χ0n) is 12.0. The van der Waals surface area contributed by atoms with Gasteiger partial charge < -0.3 is 10.4 Å². The molecule has 4 heteroatoms. The second-order valence-corrected chi connectivity index (χ2v) is 6.34. The van der Waals surface area contributed by atoms with E-state index in [0.29, 0.717) is 6.04 Å². The predicted octanol–water partition coefficient (Wildman–Crippen LogP) is 2.28. The van der Waals surface area contributed by atoms with Crippen LogP contribution < -0.4 is 5.32 Å². The van der Waals surface area contributed by atoms with Gasteiger partial charge in [-0.1, -0.05) is 31.2 Å². The Kier molecular flexibility index (Phi) is 8.10. The Morgan fingerprint density at radius 1 is 1.53 bits per heavy atom. The van der Waals surface area contributed by atoms with Crippen LogP contribution in [0.1, 0.15) is 20.3 Å². The zero-order valence-corrected chi connectivity index (χ0v) is 12.8. The molecule has 0 fully saturated rings. The summed E-state index contributed by atoms with van der Waals surface area (Å²) in [5.41, 5.74) is 0.0946.